The van der Waals surface area contributed by atoms with E-state index in [9.17, 15) is 0 Å². The van der Waals surface area contributed by atoms with E-state index in [0.717, 1.165) is 10.6 Å². The number of aryl methyl sites for hydroxylation is 1. The third-order valence-electron chi connectivity index (χ3n) is 1.08. The van der Waals surface area contributed by atoms with Crippen molar-refractivity contribution in [3.63, 3.8) is 0 Å². The zero-order valence-corrected chi connectivity index (χ0v) is 5.98. The highest BCUT2D eigenvalue weighted by atomic mass is 32.1. The average molecular weight is 144 g/mol. The molecule has 0 saturated heterocycles. The van der Waals surface area contributed by atoms with Gasteiger partial charge in [0.15, 0.2) is 0 Å². The molecule has 1 aromatic heterocycles. The summed E-state index contributed by atoms with van der Waals surface area (Å²) >= 11 is 1.35. The van der Waals surface area contributed by atoms with Crippen molar-refractivity contribution in [2.45, 2.75) is 13.3 Å². The van der Waals surface area contributed by atoms with Crippen molar-refractivity contribution in [1.29, 1.82) is 0 Å². The minimum absolute atomic E-state index is 0.185. The first kappa shape index (κ1) is 6.64. The Kier molecular flexibility index (Phi) is 2.13. The molecule has 0 amide bonds. The van der Waals surface area contributed by atoms with Gasteiger partial charge in [-0.2, -0.15) is 0 Å². The van der Waals surface area contributed by atoms with Crippen LogP contribution < -0.4 is 0 Å². The van der Waals surface area contributed by atoms with Gasteiger partial charge in [-0.05, 0) is 18.5 Å². The van der Waals surface area contributed by atoms with E-state index in [-0.39, 0.29) is 6.61 Å². The quantitative estimate of drug-likeness (QED) is 0.652. The van der Waals surface area contributed by atoms with Crippen LogP contribution in [0.4, 0.5) is 0 Å². The van der Waals surface area contributed by atoms with Crippen LogP contribution in [0.15, 0.2) is 0 Å². The van der Waals surface area contributed by atoms with Crippen molar-refractivity contribution in [2.24, 2.45) is 0 Å². The van der Waals surface area contributed by atoms with Crippen molar-refractivity contribution in [3.05, 3.63) is 10.6 Å². The van der Waals surface area contributed by atoms with Crippen molar-refractivity contribution < 1.29 is 5.11 Å². The number of nitrogens with zero attached hydrogens (tertiary/aromatic N) is 2. The third kappa shape index (κ3) is 1.46. The molecule has 0 aliphatic rings. The van der Waals surface area contributed by atoms with Gasteiger partial charge < -0.3 is 5.11 Å². The van der Waals surface area contributed by atoms with Crippen molar-refractivity contribution >= 4 is 11.5 Å². The molecule has 1 rings (SSSR count). The first-order valence-electron chi connectivity index (χ1n) is 2.73. The molecule has 0 aliphatic carbocycles. The molecule has 3 nitrogen and oxygen atoms in total. The lowest BCUT2D eigenvalue weighted by atomic mass is 10.3. The Hall–Kier alpha value is -0.480. The first-order valence-corrected chi connectivity index (χ1v) is 3.50. The van der Waals surface area contributed by atoms with E-state index in [1.165, 1.54) is 11.5 Å². The normalized spacial score (nSPS) is 10.0. The van der Waals surface area contributed by atoms with Gasteiger partial charge >= 0.3 is 0 Å². The maximum atomic E-state index is 8.51. The number of rotatable bonds is 2. The van der Waals surface area contributed by atoms with Crippen LogP contribution in [0.3, 0.4) is 0 Å². The van der Waals surface area contributed by atoms with Crippen molar-refractivity contribution in [2.75, 3.05) is 6.61 Å². The molecule has 0 aliphatic heterocycles. The highest BCUT2D eigenvalue weighted by molar-refractivity contribution is 7.05. The van der Waals surface area contributed by atoms with E-state index >= 15 is 0 Å². The maximum absolute atomic E-state index is 8.51. The Morgan fingerprint density at radius 1 is 1.67 bits per heavy atom. The molecule has 0 spiro atoms. The number of aliphatic hydroxyl groups excluding tert-OH is 1. The summed E-state index contributed by atoms with van der Waals surface area (Å²) < 4.78 is 3.72. The second-order valence-corrected chi connectivity index (χ2v) is 2.59. The Balaban J connectivity index is 2.69. The Bertz CT molecular complexity index is 187. The molecule has 0 fully saturated rings. The zero-order chi connectivity index (χ0) is 6.69. The molecular weight excluding hydrogens is 136 g/mol. The van der Waals surface area contributed by atoms with Gasteiger partial charge in [0.1, 0.15) is 0 Å². The molecule has 0 bridgehead atoms. The summed E-state index contributed by atoms with van der Waals surface area (Å²) in [6.45, 7) is 2.08. The summed E-state index contributed by atoms with van der Waals surface area (Å²) in [6, 6.07) is 0. The molecule has 0 atom stereocenters. The van der Waals surface area contributed by atoms with Gasteiger partial charge in [-0.15, -0.1) is 5.10 Å². The number of aromatic nitrogens is 2. The SMILES string of the molecule is Cc1nnsc1CCO. The minimum atomic E-state index is 0.185. The number of aliphatic hydroxyl groups is 1. The van der Waals surface area contributed by atoms with Gasteiger partial charge in [-0.1, -0.05) is 4.49 Å². The van der Waals surface area contributed by atoms with E-state index in [1.807, 2.05) is 6.92 Å². The molecule has 50 valence electrons. The van der Waals surface area contributed by atoms with E-state index in [4.69, 9.17) is 5.11 Å². The first-order chi connectivity index (χ1) is 4.34. The van der Waals surface area contributed by atoms with Crippen molar-refractivity contribution in [1.82, 2.24) is 9.59 Å². The summed E-state index contributed by atoms with van der Waals surface area (Å²) in [5.41, 5.74) is 0.939. The largest absolute Gasteiger partial charge is 0.396 e. The third-order valence-corrected chi connectivity index (χ3v) is 1.97. The molecule has 1 N–H and O–H groups in total. The molecule has 4 heteroatoms. The standard InChI is InChI=1S/C5H8N2OS/c1-4-5(2-3-8)9-7-6-4/h8H,2-3H2,1H3. The predicted molar refractivity (Wildman–Crippen MR) is 35.4 cm³/mol. The van der Waals surface area contributed by atoms with Crippen LogP contribution in [0.25, 0.3) is 0 Å². The second kappa shape index (κ2) is 2.89. The highest BCUT2D eigenvalue weighted by Crippen LogP contribution is 2.08. The smallest absolute Gasteiger partial charge is 0.0757 e. The summed E-state index contributed by atoms with van der Waals surface area (Å²) in [5.74, 6) is 0. The van der Waals surface area contributed by atoms with Crippen LogP contribution in [-0.2, 0) is 6.42 Å². The van der Waals surface area contributed by atoms with Crippen LogP contribution >= 0.6 is 11.5 Å². The molecular formula is C5H8N2OS. The van der Waals surface area contributed by atoms with Crippen LogP contribution in [0.1, 0.15) is 10.6 Å². The van der Waals surface area contributed by atoms with Gasteiger partial charge in [0, 0.05) is 13.0 Å². The fraction of sp³-hybridized carbons (Fsp3) is 0.600. The van der Waals surface area contributed by atoms with E-state index in [0.29, 0.717) is 6.42 Å². The fourth-order valence-corrected chi connectivity index (χ4v) is 1.20. The lowest BCUT2D eigenvalue weighted by Crippen LogP contribution is -1.88. The predicted octanol–water partition coefficient (Wildman–Crippen LogP) is 0.381. The van der Waals surface area contributed by atoms with Gasteiger partial charge in [-0.25, -0.2) is 0 Å². The van der Waals surface area contributed by atoms with Crippen LogP contribution in [0, 0.1) is 6.92 Å². The maximum Gasteiger partial charge on any atom is 0.0757 e. The summed E-state index contributed by atoms with van der Waals surface area (Å²) in [5, 5.41) is 12.3. The summed E-state index contributed by atoms with van der Waals surface area (Å²) in [7, 11) is 0. The average Bonchev–Trinajstić information content (AvgIpc) is 2.18. The van der Waals surface area contributed by atoms with Gasteiger partial charge in [0.05, 0.1) is 10.6 Å². The van der Waals surface area contributed by atoms with Gasteiger partial charge in [0.25, 0.3) is 0 Å². The molecule has 1 heterocycles. The van der Waals surface area contributed by atoms with E-state index in [1.54, 1.807) is 0 Å². The second-order valence-electron chi connectivity index (χ2n) is 1.76. The van der Waals surface area contributed by atoms with Gasteiger partial charge in [0.2, 0.25) is 0 Å². The van der Waals surface area contributed by atoms with E-state index < -0.39 is 0 Å². The topological polar surface area (TPSA) is 46.0 Å². The Morgan fingerprint density at radius 3 is 2.89 bits per heavy atom. The van der Waals surface area contributed by atoms with E-state index in [2.05, 4.69) is 9.59 Å². The Labute approximate surface area is 57.5 Å². The summed E-state index contributed by atoms with van der Waals surface area (Å²) in [4.78, 5) is 1.08. The number of hydrogen-bond acceptors (Lipinski definition) is 4. The minimum Gasteiger partial charge on any atom is -0.396 e. The number of hydrogen-bond donors (Lipinski definition) is 1. The Morgan fingerprint density at radius 2 is 2.44 bits per heavy atom. The molecule has 0 aromatic carbocycles. The molecule has 0 radical (unpaired) electrons. The highest BCUT2D eigenvalue weighted by Gasteiger charge is 1.99. The van der Waals surface area contributed by atoms with Crippen LogP contribution in [0.5, 0.6) is 0 Å². The molecule has 0 saturated carbocycles. The lowest BCUT2D eigenvalue weighted by molar-refractivity contribution is 0.300. The summed E-state index contributed by atoms with van der Waals surface area (Å²) in [6.07, 6.45) is 0.684. The van der Waals surface area contributed by atoms with Crippen molar-refractivity contribution in [3.8, 4) is 0 Å². The molecule has 1 aromatic rings. The zero-order valence-electron chi connectivity index (χ0n) is 5.16. The fourth-order valence-electron chi connectivity index (χ4n) is 0.581. The van der Waals surface area contributed by atoms with Crippen LogP contribution in [0.2, 0.25) is 0 Å². The molecule has 0 unspecified atom stereocenters. The molecule has 9 heavy (non-hydrogen) atoms. The lowest BCUT2D eigenvalue weighted by Gasteiger charge is -1.88. The van der Waals surface area contributed by atoms with Crippen LogP contribution in [-0.4, -0.2) is 21.3 Å². The van der Waals surface area contributed by atoms with Gasteiger partial charge in [-0.3, -0.25) is 0 Å². The monoisotopic (exact) mass is 144 g/mol.